The van der Waals surface area contributed by atoms with Gasteiger partial charge in [-0.05, 0) is 61.6 Å². The van der Waals surface area contributed by atoms with Gasteiger partial charge in [-0.3, -0.25) is 14.4 Å². The summed E-state index contributed by atoms with van der Waals surface area (Å²) in [5.41, 5.74) is 0.707. The second-order valence-corrected chi connectivity index (χ2v) is 8.11. The van der Waals surface area contributed by atoms with Crippen molar-refractivity contribution in [3.05, 3.63) is 65.5 Å². The number of amides is 3. The van der Waals surface area contributed by atoms with Crippen molar-refractivity contribution in [3.63, 3.8) is 0 Å². The molecule has 1 heterocycles. The van der Waals surface area contributed by atoms with E-state index in [1.165, 1.54) is 25.3 Å². The van der Waals surface area contributed by atoms with Gasteiger partial charge in [0, 0.05) is 30.8 Å². The van der Waals surface area contributed by atoms with Gasteiger partial charge in [0.1, 0.15) is 17.6 Å². The second-order valence-electron chi connectivity index (χ2n) is 8.11. The molecule has 8 heteroatoms. The van der Waals surface area contributed by atoms with Gasteiger partial charge in [0.05, 0.1) is 7.11 Å². The van der Waals surface area contributed by atoms with Crippen molar-refractivity contribution in [3.8, 4) is 5.75 Å². The molecule has 2 aromatic rings. The highest BCUT2D eigenvalue weighted by atomic mass is 19.1. The van der Waals surface area contributed by atoms with Gasteiger partial charge >= 0.3 is 0 Å². The average Bonchev–Trinajstić information content (AvgIpc) is 2.85. The number of hydrogen-bond acceptors (Lipinski definition) is 4. The summed E-state index contributed by atoms with van der Waals surface area (Å²) in [6, 6.07) is 11.7. The molecule has 1 aliphatic rings. The third-order valence-electron chi connectivity index (χ3n) is 5.82. The number of nitrogens with one attached hydrogen (secondary N) is 2. The number of rotatable bonds is 8. The van der Waals surface area contributed by atoms with Crippen molar-refractivity contribution >= 4 is 17.7 Å². The molecule has 2 N–H and O–H groups in total. The highest BCUT2D eigenvalue weighted by Crippen LogP contribution is 2.23. The van der Waals surface area contributed by atoms with Crippen molar-refractivity contribution in [2.24, 2.45) is 5.92 Å². The zero-order valence-electron chi connectivity index (χ0n) is 19.0. The quantitative estimate of drug-likeness (QED) is 0.641. The number of carbonyl (C=O) groups excluding carboxylic acids is 3. The molecule has 33 heavy (non-hydrogen) atoms. The minimum absolute atomic E-state index is 0.132. The van der Waals surface area contributed by atoms with E-state index in [1.807, 2.05) is 6.92 Å². The molecule has 1 saturated heterocycles. The SMILES string of the molecule is CCCNC(=O)[C@@H](NC(=O)c1cccc(OC)c1)C1CCN(C(=O)c2cccc(F)c2)CC1. The molecule has 1 fully saturated rings. The van der Waals surface area contributed by atoms with Crippen molar-refractivity contribution in [1.29, 1.82) is 0 Å². The highest BCUT2D eigenvalue weighted by molar-refractivity contribution is 5.98. The van der Waals surface area contributed by atoms with Crippen LogP contribution in [0.3, 0.4) is 0 Å². The van der Waals surface area contributed by atoms with Gasteiger partial charge in [-0.15, -0.1) is 0 Å². The normalized spacial score (nSPS) is 14.9. The first kappa shape index (κ1) is 24.2. The first-order valence-corrected chi connectivity index (χ1v) is 11.2. The third-order valence-corrected chi connectivity index (χ3v) is 5.82. The second kappa shape index (κ2) is 11.4. The Morgan fingerprint density at radius 3 is 2.45 bits per heavy atom. The summed E-state index contributed by atoms with van der Waals surface area (Å²) in [6.45, 7) is 3.32. The standard InChI is InChI=1S/C25H30FN3O4/c1-3-12-27-24(31)22(28-23(30)18-6-5-9-21(16-18)33-2)17-10-13-29(14-11-17)25(32)19-7-4-8-20(26)15-19/h4-9,15-17,22H,3,10-14H2,1-2H3,(H,27,31)(H,28,30)/t22-/m0/s1. The fraction of sp³-hybridized carbons (Fsp3) is 0.400. The van der Waals surface area contributed by atoms with Crippen molar-refractivity contribution < 1.29 is 23.5 Å². The number of halogens is 1. The van der Waals surface area contributed by atoms with Crippen LogP contribution in [0.1, 0.15) is 46.9 Å². The number of benzene rings is 2. The summed E-state index contributed by atoms with van der Waals surface area (Å²) >= 11 is 0. The lowest BCUT2D eigenvalue weighted by atomic mass is 9.88. The molecule has 0 aliphatic carbocycles. The lowest BCUT2D eigenvalue weighted by Crippen LogP contribution is -2.54. The van der Waals surface area contributed by atoms with Crippen LogP contribution in [-0.2, 0) is 4.79 Å². The summed E-state index contributed by atoms with van der Waals surface area (Å²) in [6.07, 6.45) is 1.87. The highest BCUT2D eigenvalue weighted by Gasteiger charge is 2.34. The lowest BCUT2D eigenvalue weighted by Gasteiger charge is -2.36. The minimum atomic E-state index is -0.721. The van der Waals surface area contributed by atoms with Gasteiger partial charge < -0.3 is 20.3 Å². The topological polar surface area (TPSA) is 87.7 Å². The van der Waals surface area contributed by atoms with Crippen LogP contribution in [0.5, 0.6) is 5.75 Å². The van der Waals surface area contributed by atoms with Crippen LogP contribution in [0.4, 0.5) is 4.39 Å². The Balaban J connectivity index is 1.69. The first-order valence-electron chi connectivity index (χ1n) is 11.2. The van der Waals surface area contributed by atoms with E-state index in [0.717, 1.165) is 6.42 Å². The maximum Gasteiger partial charge on any atom is 0.253 e. The van der Waals surface area contributed by atoms with Crippen LogP contribution >= 0.6 is 0 Å². The van der Waals surface area contributed by atoms with Crippen LogP contribution in [-0.4, -0.2) is 55.4 Å². The molecular formula is C25H30FN3O4. The van der Waals surface area contributed by atoms with Gasteiger partial charge in [-0.1, -0.05) is 19.1 Å². The summed E-state index contributed by atoms with van der Waals surface area (Å²) in [5, 5.41) is 5.76. The average molecular weight is 456 g/mol. The van der Waals surface area contributed by atoms with Gasteiger partial charge in [-0.25, -0.2) is 4.39 Å². The Labute approximate surface area is 193 Å². The van der Waals surface area contributed by atoms with Crippen LogP contribution in [0.25, 0.3) is 0 Å². The Hall–Kier alpha value is -3.42. The first-order chi connectivity index (χ1) is 15.9. The van der Waals surface area contributed by atoms with E-state index in [2.05, 4.69) is 10.6 Å². The minimum Gasteiger partial charge on any atom is -0.497 e. The molecule has 0 aromatic heterocycles. The fourth-order valence-corrected chi connectivity index (χ4v) is 3.98. The molecule has 3 amide bonds. The molecule has 0 unspecified atom stereocenters. The maximum absolute atomic E-state index is 13.5. The summed E-state index contributed by atoms with van der Waals surface area (Å²) in [7, 11) is 1.52. The number of ether oxygens (including phenoxy) is 1. The number of carbonyl (C=O) groups is 3. The molecule has 7 nitrogen and oxygen atoms in total. The van der Waals surface area contributed by atoms with Crippen molar-refractivity contribution in [1.82, 2.24) is 15.5 Å². The monoisotopic (exact) mass is 455 g/mol. The van der Waals surface area contributed by atoms with E-state index in [1.54, 1.807) is 35.2 Å². The Morgan fingerprint density at radius 2 is 1.79 bits per heavy atom. The van der Waals surface area contributed by atoms with Gasteiger partial charge in [0.25, 0.3) is 11.8 Å². The maximum atomic E-state index is 13.5. The number of likely N-dealkylation sites (tertiary alicyclic amines) is 1. The number of methoxy groups -OCH3 is 1. The van der Waals surface area contributed by atoms with Crippen LogP contribution in [0.2, 0.25) is 0 Å². The van der Waals surface area contributed by atoms with Gasteiger partial charge in [-0.2, -0.15) is 0 Å². The predicted molar refractivity (Wildman–Crippen MR) is 123 cm³/mol. The van der Waals surface area contributed by atoms with Crippen LogP contribution in [0, 0.1) is 11.7 Å². The number of piperidine rings is 1. The van der Waals surface area contributed by atoms with Crippen LogP contribution in [0.15, 0.2) is 48.5 Å². The summed E-state index contributed by atoms with van der Waals surface area (Å²) in [5.74, 6) is -0.859. The van der Waals surface area contributed by atoms with Crippen LogP contribution < -0.4 is 15.4 Å². The molecule has 176 valence electrons. The molecule has 0 radical (unpaired) electrons. The third kappa shape index (κ3) is 6.31. The Bertz CT molecular complexity index is 989. The molecule has 1 atom stereocenters. The molecule has 0 spiro atoms. The van der Waals surface area contributed by atoms with Gasteiger partial charge in [0.2, 0.25) is 5.91 Å². The lowest BCUT2D eigenvalue weighted by molar-refractivity contribution is -0.124. The van der Waals surface area contributed by atoms with E-state index < -0.39 is 11.9 Å². The fourth-order valence-electron chi connectivity index (χ4n) is 3.98. The van der Waals surface area contributed by atoms with E-state index in [9.17, 15) is 18.8 Å². The van der Waals surface area contributed by atoms with E-state index >= 15 is 0 Å². The molecular weight excluding hydrogens is 425 g/mol. The molecule has 0 saturated carbocycles. The zero-order chi connectivity index (χ0) is 23.8. The summed E-state index contributed by atoms with van der Waals surface area (Å²) in [4.78, 5) is 40.2. The zero-order valence-corrected chi connectivity index (χ0v) is 19.0. The summed E-state index contributed by atoms with van der Waals surface area (Å²) < 4.78 is 18.7. The smallest absolute Gasteiger partial charge is 0.253 e. The Kier molecular flexibility index (Phi) is 8.40. The van der Waals surface area contributed by atoms with Gasteiger partial charge in [0.15, 0.2) is 0 Å². The van der Waals surface area contributed by atoms with Crippen molar-refractivity contribution in [2.45, 2.75) is 32.2 Å². The van der Waals surface area contributed by atoms with Crippen molar-refractivity contribution in [2.75, 3.05) is 26.7 Å². The number of nitrogens with zero attached hydrogens (tertiary/aromatic N) is 1. The largest absolute Gasteiger partial charge is 0.497 e. The molecule has 3 rings (SSSR count). The predicted octanol–water partition coefficient (Wildman–Crippen LogP) is 3.01. The van der Waals surface area contributed by atoms with E-state index in [0.29, 0.717) is 49.4 Å². The molecule has 0 bridgehead atoms. The number of hydrogen-bond donors (Lipinski definition) is 2. The van der Waals surface area contributed by atoms with E-state index in [-0.39, 0.29) is 23.6 Å². The Morgan fingerprint density at radius 1 is 1.09 bits per heavy atom. The molecule has 2 aromatic carbocycles. The molecule has 1 aliphatic heterocycles. The van der Waals surface area contributed by atoms with E-state index in [4.69, 9.17) is 4.74 Å².